The van der Waals surface area contributed by atoms with Crippen LogP contribution in [0.1, 0.15) is 66.0 Å². The minimum atomic E-state index is -4.97. The van der Waals surface area contributed by atoms with Gasteiger partial charge in [0.2, 0.25) is 0 Å². The smallest absolute Gasteiger partial charge is 0.416 e. The summed E-state index contributed by atoms with van der Waals surface area (Å²) in [6, 6.07) is 5.53. The Hall–Kier alpha value is -3.84. The fourth-order valence-electron chi connectivity index (χ4n) is 5.72. The number of alkyl halides is 6. The number of carboxylic acids is 1. The van der Waals surface area contributed by atoms with E-state index in [1.807, 2.05) is 32.9 Å². The van der Waals surface area contributed by atoms with Crippen LogP contribution in [0.2, 0.25) is 0 Å². The summed E-state index contributed by atoms with van der Waals surface area (Å²) in [6.07, 6.45) is -7.17. The van der Waals surface area contributed by atoms with E-state index in [0.29, 0.717) is 38.1 Å². The molecule has 1 N–H and O–H groups in total. The molecular weight excluding hydrogens is 590 g/mol. The van der Waals surface area contributed by atoms with Gasteiger partial charge in [0, 0.05) is 31.9 Å². The van der Waals surface area contributed by atoms with Crippen molar-refractivity contribution in [1.82, 2.24) is 20.2 Å². The summed E-state index contributed by atoms with van der Waals surface area (Å²) < 4.78 is 81.7. The molecule has 0 aliphatic heterocycles. The lowest BCUT2D eigenvalue weighted by atomic mass is 9.81. The molecule has 0 atom stereocenters. The topological polar surface area (TPSA) is 87.4 Å². The van der Waals surface area contributed by atoms with E-state index >= 15 is 0 Å². The number of rotatable bonds is 10. The van der Waals surface area contributed by atoms with Gasteiger partial charge >= 0.3 is 18.3 Å². The molecule has 0 radical (unpaired) electrons. The maximum absolute atomic E-state index is 13.6. The molecule has 1 heterocycles. The molecule has 8 nitrogen and oxygen atoms in total. The van der Waals surface area contributed by atoms with Gasteiger partial charge in [-0.15, -0.1) is 5.10 Å². The Labute approximate surface area is 251 Å². The summed E-state index contributed by atoms with van der Waals surface area (Å²) >= 11 is 0. The quantitative estimate of drug-likeness (QED) is 0.248. The average Bonchev–Trinajstić information content (AvgIpc) is 3.38. The van der Waals surface area contributed by atoms with E-state index in [4.69, 9.17) is 0 Å². The zero-order valence-electron chi connectivity index (χ0n) is 25.0. The first kappa shape index (κ1) is 33.1. The van der Waals surface area contributed by atoms with E-state index in [9.17, 15) is 36.2 Å². The van der Waals surface area contributed by atoms with E-state index in [1.165, 1.54) is 16.7 Å². The number of aliphatic carboxylic acids is 1. The number of aryl methyl sites for hydroxylation is 3. The van der Waals surface area contributed by atoms with Gasteiger partial charge in [-0.2, -0.15) is 31.1 Å². The summed E-state index contributed by atoms with van der Waals surface area (Å²) in [6.45, 7) is 6.98. The molecule has 3 aromatic rings. The number of carboxylic acid groups (broad SMARTS) is 1. The van der Waals surface area contributed by atoms with Crippen molar-refractivity contribution in [2.45, 2.75) is 71.9 Å². The predicted octanol–water partition coefficient (Wildman–Crippen LogP) is 6.79. The summed E-state index contributed by atoms with van der Waals surface area (Å²) in [4.78, 5) is 16.3. The third-order valence-corrected chi connectivity index (χ3v) is 8.25. The van der Waals surface area contributed by atoms with Gasteiger partial charge in [0.15, 0.2) is 0 Å². The maximum atomic E-state index is 13.6. The first-order chi connectivity index (χ1) is 20.5. The van der Waals surface area contributed by atoms with Crippen LogP contribution in [-0.2, 0) is 37.3 Å². The maximum Gasteiger partial charge on any atom is 0.416 e. The molecule has 4 rings (SSSR count). The predicted molar refractivity (Wildman–Crippen MR) is 152 cm³/mol. The van der Waals surface area contributed by atoms with Crippen LogP contribution in [-0.4, -0.2) is 44.4 Å². The molecule has 0 saturated heterocycles. The highest BCUT2D eigenvalue weighted by Crippen LogP contribution is 2.37. The molecule has 1 aromatic heterocycles. The normalized spacial score (nSPS) is 17.5. The van der Waals surface area contributed by atoms with Gasteiger partial charge in [-0.25, -0.2) is 0 Å². The van der Waals surface area contributed by atoms with Crippen LogP contribution >= 0.6 is 0 Å². The molecule has 0 unspecified atom stereocenters. The first-order valence-corrected chi connectivity index (χ1v) is 14.4. The second kappa shape index (κ2) is 13.0. The molecule has 2 aromatic carbocycles. The zero-order chi connectivity index (χ0) is 32.4. The lowest BCUT2D eigenvalue weighted by Crippen LogP contribution is -2.34. The largest absolute Gasteiger partial charge is 0.481 e. The van der Waals surface area contributed by atoms with Crippen LogP contribution in [0.5, 0.6) is 0 Å². The fourth-order valence-corrected chi connectivity index (χ4v) is 5.72. The third-order valence-electron chi connectivity index (χ3n) is 8.25. The summed E-state index contributed by atoms with van der Waals surface area (Å²) in [7, 11) is 1.51. The molecule has 44 heavy (non-hydrogen) atoms. The van der Waals surface area contributed by atoms with Gasteiger partial charge in [0.25, 0.3) is 5.95 Å². The van der Waals surface area contributed by atoms with Gasteiger partial charge in [0.1, 0.15) is 0 Å². The molecule has 14 heteroatoms. The Morgan fingerprint density at radius 1 is 0.909 bits per heavy atom. The number of nitrogens with zero attached hydrogens (tertiary/aromatic N) is 6. The number of benzene rings is 2. The Balaban J connectivity index is 1.70. The molecule has 240 valence electrons. The van der Waals surface area contributed by atoms with Crippen molar-refractivity contribution < 1.29 is 36.2 Å². The lowest BCUT2D eigenvalue weighted by Gasteiger charge is -2.34. The summed E-state index contributed by atoms with van der Waals surface area (Å²) in [5, 5.41) is 21.4. The number of carbonyl (C=O) groups is 1. The number of tetrazole rings is 1. The zero-order valence-corrected chi connectivity index (χ0v) is 25.0. The summed E-state index contributed by atoms with van der Waals surface area (Å²) in [5.74, 6) is -0.769. The Morgan fingerprint density at radius 3 is 2.00 bits per heavy atom. The Morgan fingerprint density at radius 2 is 1.50 bits per heavy atom. The van der Waals surface area contributed by atoms with Crippen molar-refractivity contribution in [2.75, 3.05) is 22.9 Å². The molecule has 1 saturated carbocycles. The van der Waals surface area contributed by atoms with Gasteiger partial charge in [-0.3, -0.25) is 4.79 Å². The number of anilines is 2. The molecule has 0 spiro atoms. The average molecular weight is 627 g/mol. The van der Waals surface area contributed by atoms with Crippen LogP contribution in [0.25, 0.3) is 0 Å². The first-order valence-electron chi connectivity index (χ1n) is 14.4. The van der Waals surface area contributed by atoms with Crippen LogP contribution in [0.15, 0.2) is 30.3 Å². The van der Waals surface area contributed by atoms with E-state index in [-0.39, 0.29) is 42.5 Å². The van der Waals surface area contributed by atoms with Crippen molar-refractivity contribution in [2.24, 2.45) is 18.9 Å². The van der Waals surface area contributed by atoms with Crippen molar-refractivity contribution in [3.05, 3.63) is 63.7 Å². The molecule has 1 fully saturated rings. The van der Waals surface area contributed by atoms with Crippen molar-refractivity contribution in [1.29, 1.82) is 0 Å². The minimum absolute atomic E-state index is 0.0534. The number of hydrogen-bond acceptors (Lipinski definition) is 6. The van der Waals surface area contributed by atoms with Gasteiger partial charge in [-0.05, 0) is 104 Å². The molecule has 0 bridgehead atoms. The lowest BCUT2D eigenvalue weighted by molar-refractivity contribution is -0.144. The SMILES string of the molecule is CCN(CC1CCC(C(=O)O)CC1)c1cc(C)c(C)cc1CN(Cc1cc(C(F)(F)F)cc(C(F)(F)F)c1)c1nnn(C)n1. The highest BCUT2D eigenvalue weighted by atomic mass is 19.4. The van der Waals surface area contributed by atoms with Crippen LogP contribution in [0, 0.1) is 25.7 Å². The van der Waals surface area contributed by atoms with Crippen LogP contribution < -0.4 is 9.80 Å². The second-order valence-corrected chi connectivity index (χ2v) is 11.5. The Bertz CT molecular complexity index is 1430. The number of hydrogen-bond donors (Lipinski definition) is 1. The minimum Gasteiger partial charge on any atom is -0.481 e. The fraction of sp³-hybridized carbons (Fsp3) is 0.533. The van der Waals surface area contributed by atoms with E-state index < -0.39 is 29.4 Å². The standard InChI is InChI=1S/C30H36F6N6O2/c1-5-41(15-20-6-8-22(9-7-20)27(43)44)26-11-19(3)18(2)10-23(26)17-42(28-37-39-40(4)38-28)16-21-12-24(29(31,32)33)14-25(13-21)30(34,35)36/h10-14,20,22H,5-9,15-17H2,1-4H3,(H,43,44). The van der Waals surface area contributed by atoms with E-state index in [0.717, 1.165) is 35.2 Å². The summed E-state index contributed by atoms with van der Waals surface area (Å²) in [5.41, 5.74) is 0.676. The van der Waals surface area contributed by atoms with E-state index in [1.54, 1.807) is 0 Å². The highest BCUT2D eigenvalue weighted by Gasteiger charge is 2.37. The van der Waals surface area contributed by atoms with Crippen molar-refractivity contribution >= 4 is 17.6 Å². The number of halogens is 6. The second-order valence-electron chi connectivity index (χ2n) is 11.5. The van der Waals surface area contributed by atoms with Crippen LogP contribution in [0.3, 0.4) is 0 Å². The van der Waals surface area contributed by atoms with Gasteiger partial charge in [-0.1, -0.05) is 11.2 Å². The van der Waals surface area contributed by atoms with E-state index in [2.05, 4.69) is 20.3 Å². The third kappa shape index (κ3) is 8.00. The molecule has 1 aliphatic carbocycles. The molecule has 1 aliphatic rings. The highest BCUT2D eigenvalue weighted by molar-refractivity contribution is 5.70. The van der Waals surface area contributed by atoms with Crippen molar-refractivity contribution in [3.8, 4) is 0 Å². The van der Waals surface area contributed by atoms with Crippen LogP contribution in [0.4, 0.5) is 38.0 Å². The Kier molecular flexibility index (Phi) is 9.79. The monoisotopic (exact) mass is 626 g/mol. The molecule has 0 amide bonds. The van der Waals surface area contributed by atoms with Gasteiger partial charge < -0.3 is 14.9 Å². The number of aromatic nitrogens is 4. The van der Waals surface area contributed by atoms with Gasteiger partial charge in [0.05, 0.1) is 24.1 Å². The van der Waals surface area contributed by atoms with Crippen molar-refractivity contribution in [3.63, 3.8) is 0 Å². The molecular formula is C30H36F6N6O2.